The standard InChI is InChI=1S/C22H24F3N5O/c1-13-6-11-17(14(2)26-13)21(31)28-16-9-7-15(8-10-16)27-19-4-3-5-20-29-18(12-30(19)20)22(23,24)25/h3-6,11-12,15-16,27H,7-10H2,1-2H3,(H,28,31). The molecule has 9 heteroatoms. The Hall–Kier alpha value is -3.10. The number of amides is 1. The first-order valence-corrected chi connectivity index (χ1v) is 10.3. The van der Waals surface area contributed by atoms with E-state index in [1.54, 1.807) is 24.3 Å². The molecule has 164 valence electrons. The molecule has 6 nitrogen and oxygen atoms in total. The van der Waals surface area contributed by atoms with Crippen LogP contribution in [0.15, 0.2) is 36.5 Å². The summed E-state index contributed by atoms with van der Waals surface area (Å²) in [6.45, 7) is 3.71. The maximum atomic E-state index is 13.0. The van der Waals surface area contributed by atoms with Gasteiger partial charge in [-0.1, -0.05) is 6.07 Å². The minimum atomic E-state index is -4.48. The number of rotatable bonds is 4. The molecule has 31 heavy (non-hydrogen) atoms. The number of alkyl halides is 3. The van der Waals surface area contributed by atoms with Crippen LogP contribution in [0.1, 0.15) is 53.1 Å². The van der Waals surface area contributed by atoms with Crippen molar-refractivity contribution in [2.24, 2.45) is 0 Å². The van der Waals surface area contributed by atoms with E-state index in [1.807, 2.05) is 19.9 Å². The Labute approximate surface area is 177 Å². The van der Waals surface area contributed by atoms with Crippen LogP contribution in [0.2, 0.25) is 0 Å². The molecule has 1 saturated carbocycles. The van der Waals surface area contributed by atoms with E-state index < -0.39 is 11.9 Å². The van der Waals surface area contributed by atoms with E-state index in [4.69, 9.17) is 0 Å². The van der Waals surface area contributed by atoms with Crippen molar-refractivity contribution in [2.75, 3.05) is 5.32 Å². The number of pyridine rings is 2. The second-order valence-corrected chi connectivity index (χ2v) is 8.02. The summed E-state index contributed by atoms with van der Waals surface area (Å²) in [5, 5.41) is 6.42. The van der Waals surface area contributed by atoms with Crippen LogP contribution in [0, 0.1) is 13.8 Å². The van der Waals surface area contributed by atoms with Crippen molar-refractivity contribution in [3.8, 4) is 0 Å². The number of anilines is 1. The van der Waals surface area contributed by atoms with Crippen molar-refractivity contribution in [3.63, 3.8) is 0 Å². The average molecular weight is 431 g/mol. The summed E-state index contributed by atoms with van der Waals surface area (Å²) in [4.78, 5) is 20.6. The lowest BCUT2D eigenvalue weighted by Gasteiger charge is -2.30. The molecule has 3 heterocycles. The first-order chi connectivity index (χ1) is 14.7. The van der Waals surface area contributed by atoms with Crippen LogP contribution < -0.4 is 10.6 Å². The highest BCUT2D eigenvalue weighted by atomic mass is 19.4. The second kappa shape index (κ2) is 8.20. The molecule has 0 atom stereocenters. The number of hydrogen-bond donors (Lipinski definition) is 2. The Morgan fingerprint density at radius 1 is 1.03 bits per heavy atom. The SMILES string of the molecule is Cc1ccc(C(=O)NC2CCC(Nc3cccc4nc(C(F)(F)F)cn34)CC2)c(C)n1. The van der Waals surface area contributed by atoms with Gasteiger partial charge in [0, 0.05) is 24.0 Å². The Morgan fingerprint density at radius 3 is 2.42 bits per heavy atom. The highest BCUT2D eigenvalue weighted by molar-refractivity contribution is 5.95. The van der Waals surface area contributed by atoms with Gasteiger partial charge in [0.25, 0.3) is 5.91 Å². The molecule has 1 aliphatic rings. The van der Waals surface area contributed by atoms with Crippen LogP contribution in [-0.2, 0) is 6.18 Å². The van der Waals surface area contributed by atoms with Gasteiger partial charge in [-0.05, 0) is 63.8 Å². The fourth-order valence-corrected chi connectivity index (χ4v) is 4.05. The number of hydrogen-bond acceptors (Lipinski definition) is 4. The zero-order valence-electron chi connectivity index (χ0n) is 17.3. The molecule has 3 aromatic rings. The fourth-order valence-electron chi connectivity index (χ4n) is 4.05. The zero-order valence-corrected chi connectivity index (χ0v) is 17.3. The van der Waals surface area contributed by atoms with Gasteiger partial charge in [0.05, 0.1) is 11.3 Å². The van der Waals surface area contributed by atoms with Crippen LogP contribution in [0.3, 0.4) is 0 Å². The van der Waals surface area contributed by atoms with Crippen molar-refractivity contribution >= 4 is 17.4 Å². The number of fused-ring (bicyclic) bond motifs is 1. The summed E-state index contributed by atoms with van der Waals surface area (Å²) in [5.41, 5.74) is 1.50. The number of nitrogens with zero attached hydrogens (tertiary/aromatic N) is 3. The molecule has 4 rings (SSSR count). The minimum absolute atomic E-state index is 0.0622. The molecule has 2 N–H and O–H groups in total. The molecule has 0 spiro atoms. The predicted molar refractivity (Wildman–Crippen MR) is 111 cm³/mol. The van der Waals surface area contributed by atoms with E-state index in [1.165, 1.54) is 4.40 Å². The highest BCUT2D eigenvalue weighted by Crippen LogP contribution is 2.30. The van der Waals surface area contributed by atoms with Crippen molar-refractivity contribution in [1.29, 1.82) is 0 Å². The second-order valence-electron chi connectivity index (χ2n) is 8.02. The van der Waals surface area contributed by atoms with Gasteiger partial charge in [-0.3, -0.25) is 14.2 Å². The van der Waals surface area contributed by atoms with E-state index in [2.05, 4.69) is 20.6 Å². The summed E-state index contributed by atoms with van der Waals surface area (Å²) in [5.74, 6) is 0.457. The molecule has 0 unspecified atom stereocenters. The third-order valence-corrected chi connectivity index (χ3v) is 5.67. The Kier molecular flexibility index (Phi) is 5.60. The Bertz CT molecular complexity index is 1100. The first-order valence-electron chi connectivity index (χ1n) is 10.3. The van der Waals surface area contributed by atoms with E-state index in [9.17, 15) is 18.0 Å². The number of carbonyl (C=O) groups is 1. The van der Waals surface area contributed by atoms with Gasteiger partial charge in [-0.15, -0.1) is 0 Å². The van der Waals surface area contributed by atoms with Gasteiger partial charge in [0.2, 0.25) is 0 Å². The first kappa shape index (κ1) is 21.1. The van der Waals surface area contributed by atoms with Crippen molar-refractivity contribution in [1.82, 2.24) is 19.7 Å². The van der Waals surface area contributed by atoms with Gasteiger partial charge in [-0.25, -0.2) is 4.98 Å². The molecular formula is C22H24F3N5O. The number of halogens is 3. The number of carbonyl (C=O) groups excluding carboxylic acids is 1. The molecule has 0 aromatic carbocycles. The van der Waals surface area contributed by atoms with E-state index in [0.717, 1.165) is 37.6 Å². The predicted octanol–water partition coefficient (Wildman–Crippen LogP) is 4.52. The lowest BCUT2D eigenvalue weighted by atomic mass is 9.91. The fraction of sp³-hybridized carbons (Fsp3) is 0.409. The smallest absolute Gasteiger partial charge is 0.368 e. The topological polar surface area (TPSA) is 71.3 Å². The number of aryl methyl sites for hydroxylation is 2. The third-order valence-electron chi connectivity index (χ3n) is 5.67. The molecule has 1 fully saturated rings. The van der Waals surface area contributed by atoms with Crippen LogP contribution in [0.25, 0.3) is 5.65 Å². The quantitative estimate of drug-likeness (QED) is 0.637. The number of aromatic nitrogens is 3. The number of imidazole rings is 1. The van der Waals surface area contributed by atoms with Crippen molar-refractivity contribution in [3.05, 3.63) is 59.2 Å². The van der Waals surface area contributed by atoms with Gasteiger partial charge >= 0.3 is 6.18 Å². The van der Waals surface area contributed by atoms with Crippen molar-refractivity contribution < 1.29 is 18.0 Å². The Morgan fingerprint density at radius 2 is 1.74 bits per heavy atom. The summed E-state index contributed by atoms with van der Waals surface area (Å²) in [6.07, 6.45) is -0.294. The molecular weight excluding hydrogens is 407 g/mol. The molecule has 0 bridgehead atoms. The number of nitrogens with one attached hydrogen (secondary N) is 2. The normalized spacial score (nSPS) is 19.4. The van der Waals surface area contributed by atoms with Gasteiger partial charge < -0.3 is 10.6 Å². The molecule has 1 aliphatic carbocycles. The lowest BCUT2D eigenvalue weighted by Crippen LogP contribution is -2.40. The van der Waals surface area contributed by atoms with Gasteiger partial charge in [0.1, 0.15) is 11.5 Å². The highest BCUT2D eigenvalue weighted by Gasteiger charge is 2.34. The summed E-state index contributed by atoms with van der Waals surface area (Å²) in [6, 6.07) is 8.77. The maximum absolute atomic E-state index is 13.0. The maximum Gasteiger partial charge on any atom is 0.434 e. The van der Waals surface area contributed by atoms with Crippen LogP contribution in [0.4, 0.5) is 19.0 Å². The summed E-state index contributed by atoms with van der Waals surface area (Å²) >= 11 is 0. The largest absolute Gasteiger partial charge is 0.434 e. The van der Waals surface area contributed by atoms with Crippen LogP contribution >= 0.6 is 0 Å². The average Bonchev–Trinajstić information content (AvgIpc) is 3.15. The summed E-state index contributed by atoms with van der Waals surface area (Å²) < 4.78 is 40.4. The molecule has 1 amide bonds. The van der Waals surface area contributed by atoms with E-state index >= 15 is 0 Å². The van der Waals surface area contributed by atoms with E-state index in [-0.39, 0.29) is 23.6 Å². The molecule has 0 radical (unpaired) electrons. The Balaban J connectivity index is 1.37. The summed E-state index contributed by atoms with van der Waals surface area (Å²) in [7, 11) is 0. The van der Waals surface area contributed by atoms with Crippen LogP contribution in [0.5, 0.6) is 0 Å². The van der Waals surface area contributed by atoms with Crippen LogP contribution in [-0.4, -0.2) is 32.4 Å². The minimum Gasteiger partial charge on any atom is -0.368 e. The molecule has 3 aromatic heterocycles. The lowest BCUT2D eigenvalue weighted by molar-refractivity contribution is -0.140. The third kappa shape index (κ3) is 4.65. The van der Waals surface area contributed by atoms with Gasteiger partial charge in [-0.2, -0.15) is 13.2 Å². The zero-order chi connectivity index (χ0) is 22.2. The van der Waals surface area contributed by atoms with Gasteiger partial charge in [0.15, 0.2) is 5.69 Å². The van der Waals surface area contributed by atoms with Crippen molar-refractivity contribution in [2.45, 2.75) is 57.8 Å². The molecule has 0 aliphatic heterocycles. The monoisotopic (exact) mass is 431 g/mol. The van der Waals surface area contributed by atoms with E-state index in [0.29, 0.717) is 17.1 Å². The molecule has 0 saturated heterocycles.